The first-order chi connectivity index (χ1) is 11.2. The molecule has 0 saturated heterocycles. The van der Waals surface area contributed by atoms with E-state index >= 15 is 0 Å². The van der Waals surface area contributed by atoms with Crippen molar-refractivity contribution < 1.29 is 4.79 Å². The van der Waals surface area contributed by atoms with Crippen LogP contribution < -0.4 is 5.32 Å². The van der Waals surface area contributed by atoms with Gasteiger partial charge in [0.2, 0.25) is 11.0 Å². The minimum Gasteiger partial charge on any atom is -0.299 e. The van der Waals surface area contributed by atoms with Gasteiger partial charge in [0.15, 0.2) is 0 Å². The van der Waals surface area contributed by atoms with Crippen LogP contribution in [-0.4, -0.2) is 31.1 Å². The fraction of sp³-hybridized carbons (Fsp3) is 0.400. The number of fused-ring (bicyclic) bond motifs is 1. The third kappa shape index (κ3) is 3.37. The number of rotatable bonds is 6. The fourth-order valence-electron chi connectivity index (χ4n) is 2.42. The molecule has 0 bridgehead atoms. The Morgan fingerprint density at radius 3 is 2.78 bits per heavy atom. The second kappa shape index (κ2) is 6.82. The maximum atomic E-state index is 12.2. The van der Waals surface area contributed by atoms with Crippen molar-refractivity contribution in [1.29, 1.82) is 0 Å². The van der Waals surface area contributed by atoms with Gasteiger partial charge in [0.1, 0.15) is 17.1 Å². The first-order valence-corrected chi connectivity index (χ1v) is 8.44. The highest BCUT2D eigenvalue weighted by atomic mass is 32.1. The molecule has 1 amide bonds. The van der Waals surface area contributed by atoms with Crippen molar-refractivity contribution in [2.45, 2.75) is 39.2 Å². The molecule has 3 rings (SSSR count). The lowest BCUT2D eigenvalue weighted by Gasteiger charge is -2.05. The molecule has 1 aromatic carbocycles. The van der Waals surface area contributed by atoms with Crippen LogP contribution in [0.25, 0.3) is 11.0 Å². The lowest BCUT2D eigenvalue weighted by atomic mass is 10.1. The standard InChI is InChI=1S/C15H18N6OS/c1-3-10(4-2)14-18-19-15(23-14)16-13(22)9-21-12-8-6-5-7-11(12)17-20-21/h5-8,10H,3-4,9H2,1-2H3,(H,16,19,22). The Morgan fingerprint density at radius 2 is 2.00 bits per heavy atom. The lowest BCUT2D eigenvalue weighted by molar-refractivity contribution is -0.116. The number of hydrogen-bond acceptors (Lipinski definition) is 6. The SMILES string of the molecule is CCC(CC)c1nnc(NC(=O)Cn2nnc3ccccc32)s1. The molecule has 1 N–H and O–H groups in total. The van der Waals surface area contributed by atoms with Crippen LogP contribution in [0.3, 0.4) is 0 Å². The number of aromatic nitrogens is 5. The van der Waals surface area contributed by atoms with Gasteiger partial charge in [-0.1, -0.05) is 42.5 Å². The van der Waals surface area contributed by atoms with E-state index in [0.29, 0.717) is 11.0 Å². The Hall–Kier alpha value is -2.35. The Labute approximate surface area is 137 Å². The average molecular weight is 330 g/mol. The second-order valence-electron chi connectivity index (χ2n) is 5.24. The van der Waals surface area contributed by atoms with E-state index in [4.69, 9.17) is 0 Å². The maximum Gasteiger partial charge on any atom is 0.248 e. The molecule has 0 aliphatic carbocycles. The smallest absolute Gasteiger partial charge is 0.248 e. The zero-order chi connectivity index (χ0) is 16.2. The highest BCUT2D eigenvalue weighted by Gasteiger charge is 2.15. The summed E-state index contributed by atoms with van der Waals surface area (Å²) < 4.78 is 1.58. The van der Waals surface area contributed by atoms with Crippen LogP contribution in [0, 0.1) is 0 Å². The van der Waals surface area contributed by atoms with E-state index in [1.807, 2.05) is 24.3 Å². The van der Waals surface area contributed by atoms with Crippen LogP contribution in [0.1, 0.15) is 37.6 Å². The van der Waals surface area contributed by atoms with Gasteiger partial charge < -0.3 is 0 Å². The highest BCUT2D eigenvalue weighted by Crippen LogP contribution is 2.28. The molecule has 23 heavy (non-hydrogen) atoms. The number of anilines is 1. The van der Waals surface area contributed by atoms with E-state index in [2.05, 4.69) is 39.7 Å². The van der Waals surface area contributed by atoms with Crippen LogP contribution in [-0.2, 0) is 11.3 Å². The zero-order valence-corrected chi connectivity index (χ0v) is 13.9. The molecule has 0 aliphatic heterocycles. The number of para-hydroxylation sites is 1. The van der Waals surface area contributed by atoms with Gasteiger partial charge >= 0.3 is 0 Å². The number of carbonyl (C=O) groups is 1. The van der Waals surface area contributed by atoms with Crippen molar-refractivity contribution in [1.82, 2.24) is 25.2 Å². The van der Waals surface area contributed by atoms with Crippen LogP contribution in [0.4, 0.5) is 5.13 Å². The van der Waals surface area contributed by atoms with Gasteiger partial charge in [-0.3, -0.25) is 10.1 Å². The van der Waals surface area contributed by atoms with E-state index in [-0.39, 0.29) is 12.5 Å². The summed E-state index contributed by atoms with van der Waals surface area (Å²) in [4.78, 5) is 12.2. The van der Waals surface area contributed by atoms with Crippen LogP contribution in [0.15, 0.2) is 24.3 Å². The number of hydrogen-bond donors (Lipinski definition) is 1. The van der Waals surface area contributed by atoms with Gasteiger partial charge in [0.05, 0.1) is 5.52 Å². The summed E-state index contributed by atoms with van der Waals surface area (Å²) in [5, 5.41) is 20.6. The number of carbonyl (C=O) groups excluding carboxylic acids is 1. The molecule has 8 heteroatoms. The number of nitrogens with one attached hydrogen (secondary N) is 1. The van der Waals surface area contributed by atoms with Crippen molar-refractivity contribution >= 4 is 33.4 Å². The fourth-order valence-corrected chi connectivity index (χ4v) is 3.44. The molecule has 0 radical (unpaired) electrons. The van der Waals surface area contributed by atoms with Crippen LogP contribution in [0.5, 0.6) is 0 Å². The van der Waals surface area contributed by atoms with Crippen molar-refractivity contribution in [2.24, 2.45) is 0 Å². The molecular weight excluding hydrogens is 312 g/mol. The van der Waals surface area contributed by atoms with Crippen molar-refractivity contribution in [2.75, 3.05) is 5.32 Å². The molecule has 3 aromatic rings. The van der Waals surface area contributed by atoms with Crippen LogP contribution >= 0.6 is 11.3 Å². The third-order valence-electron chi connectivity index (χ3n) is 3.74. The summed E-state index contributed by atoms with van der Waals surface area (Å²) in [5.74, 6) is 0.213. The molecule has 0 atom stereocenters. The zero-order valence-electron chi connectivity index (χ0n) is 13.1. The molecule has 0 fully saturated rings. The van der Waals surface area contributed by atoms with Gasteiger partial charge in [0, 0.05) is 5.92 Å². The van der Waals surface area contributed by atoms with E-state index in [0.717, 1.165) is 28.9 Å². The van der Waals surface area contributed by atoms with Gasteiger partial charge in [-0.15, -0.1) is 15.3 Å². The third-order valence-corrected chi connectivity index (χ3v) is 4.74. The molecular formula is C15H18N6OS. The molecule has 0 aliphatic rings. The topological polar surface area (TPSA) is 85.6 Å². The molecule has 2 heterocycles. The van der Waals surface area contributed by atoms with E-state index in [1.54, 1.807) is 4.68 Å². The predicted molar refractivity (Wildman–Crippen MR) is 89.4 cm³/mol. The number of nitrogens with zero attached hydrogens (tertiary/aromatic N) is 5. The predicted octanol–water partition coefficient (Wildman–Crippen LogP) is 2.83. The molecule has 2 aromatic heterocycles. The first kappa shape index (κ1) is 15.5. The largest absolute Gasteiger partial charge is 0.299 e. The van der Waals surface area contributed by atoms with E-state index in [9.17, 15) is 4.79 Å². The van der Waals surface area contributed by atoms with Gasteiger partial charge in [-0.05, 0) is 25.0 Å². The Bertz CT molecular complexity index is 807. The normalized spacial score (nSPS) is 11.3. The van der Waals surface area contributed by atoms with Gasteiger partial charge in [-0.2, -0.15) is 0 Å². The summed E-state index contributed by atoms with van der Waals surface area (Å²) in [5.41, 5.74) is 1.60. The number of benzene rings is 1. The average Bonchev–Trinajstić information content (AvgIpc) is 3.17. The molecule has 0 spiro atoms. The Balaban J connectivity index is 1.68. The molecule has 0 unspecified atom stereocenters. The Morgan fingerprint density at radius 1 is 1.22 bits per heavy atom. The van der Waals surface area contributed by atoms with E-state index in [1.165, 1.54) is 11.3 Å². The molecule has 120 valence electrons. The number of amides is 1. The highest BCUT2D eigenvalue weighted by molar-refractivity contribution is 7.15. The maximum absolute atomic E-state index is 12.2. The van der Waals surface area contributed by atoms with Crippen molar-refractivity contribution in [3.63, 3.8) is 0 Å². The lowest BCUT2D eigenvalue weighted by Crippen LogP contribution is -2.19. The Kier molecular flexibility index (Phi) is 4.61. The second-order valence-corrected chi connectivity index (χ2v) is 6.25. The van der Waals surface area contributed by atoms with Crippen molar-refractivity contribution in [3.8, 4) is 0 Å². The van der Waals surface area contributed by atoms with E-state index < -0.39 is 0 Å². The van der Waals surface area contributed by atoms with Gasteiger partial charge in [-0.25, -0.2) is 4.68 Å². The minimum absolute atomic E-state index is 0.0976. The minimum atomic E-state index is -0.187. The monoisotopic (exact) mass is 330 g/mol. The van der Waals surface area contributed by atoms with Crippen LogP contribution in [0.2, 0.25) is 0 Å². The molecule has 7 nitrogen and oxygen atoms in total. The molecule has 0 saturated carbocycles. The van der Waals surface area contributed by atoms with Gasteiger partial charge in [0.25, 0.3) is 0 Å². The summed E-state index contributed by atoms with van der Waals surface area (Å²) in [6, 6.07) is 7.54. The van der Waals surface area contributed by atoms with Crippen molar-refractivity contribution in [3.05, 3.63) is 29.3 Å². The summed E-state index contributed by atoms with van der Waals surface area (Å²) >= 11 is 1.44. The summed E-state index contributed by atoms with van der Waals surface area (Å²) in [7, 11) is 0. The summed E-state index contributed by atoms with van der Waals surface area (Å²) in [6.45, 7) is 4.35. The summed E-state index contributed by atoms with van der Waals surface area (Å²) in [6.07, 6.45) is 2.04. The first-order valence-electron chi connectivity index (χ1n) is 7.62. The quantitative estimate of drug-likeness (QED) is 0.751.